The third-order valence-corrected chi connectivity index (χ3v) is 3.83. The van der Waals surface area contributed by atoms with Crippen molar-refractivity contribution < 1.29 is 19.4 Å². The lowest BCUT2D eigenvalue weighted by atomic mass is 10.0. The number of amides is 1. The van der Waals surface area contributed by atoms with Crippen LogP contribution in [0.25, 0.3) is 0 Å². The van der Waals surface area contributed by atoms with Crippen LogP contribution in [-0.4, -0.2) is 34.2 Å². The molecule has 0 radical (unpaired) electrons. The predicted octanol–water partition coefficient (Wildman–Crippen LogP) is 2.04. The Morgan fingerprint density at radius 2 is 2.00 bits per heavy atom. The quantitative estimate of drug-likeness (QED) is 0.856. The second kappa shape index (κ2) is 5.00. The molecule has 3 rings (SSSR count). The minimum absolute atomic E-state index is 0.0956. The number of hydrogen-bond donors (Lipinski definition) is 1. The van der Waals surface area contributed by atoms with E-state index in [2.05, 4.69) is 0 Å². The maximum atomic E-state index is 12.1. The smallest absolute Gasteiger partial charge is 0.411 e. The summed E-state index contributed by atoms with van der Waals surface area (Å²) in [4.78, 5) is 24.8. The van der Waals surface area contributed by atoms with Crippen LogP contribution in [-0.2, 0) is 16.1 Å². The minimum Gasteiger partial charge on any atom is -0.480 e. The minimum atomic E-state index is -0.974. The number of aliphatic carboxylic acids is 1. The van der Waals surface area contributed by atoms with Gasteiger partial charge in [-0.2, -0.15) is 0 Å². The topological polar surface area (TPSA) is 66.8 Å². The van der Waals surface area contributed by atoms with Gasteiger partial charge in [0.25, 0.3) is 0 Å². The number of benzene rings is 1. The van der Waals surface area contributed by atoms with E-state index in [4.69, 9.17) is 4.74 Å². The van der Waals surface area contributed by atoms with E-state index in [1.165, 1.54) is 4.90 Å². The molecule has 5 heteroatoms. The van der Waals surface area contributed by atoms with Gasteiger partial charge in [-0.1, -0.05) is 42.5 Å². The van der Waals surface area contributed by atoms with Crippen LogP contribution in [0.1, 0.15) is 12.0 Å². The van der Waals surface area contributed by atoms with E-state index in [1.807, 2.05) is 42.5 Å². The van der Waals surface area contributed by atoms with Crippen molar-refractivity contribution in [2.45, 2.75) is 25.1 Å². The number of hydrogen-bond acceptors (Lipinski definition) is 3. The van der Waals surface area contributed by atoms with Gasteiger partial charge in [-0.15, -0.1) is 0 Å². The summed E-state index contributed by atoms with van der Waals surface area (Å²) in [5, 5.41) is 9.26. The third-order valence-electron chi connectivity index (χ3n) is 3.83. The van der Waals surface area contributed by atoms with Gasteiger partial charge in [-0.25, -0.2) is 9.59 Å². The fourth-order valence-electron chi connectivity index (χ4n) is 2.90. The van der Waals surface area contributed by atoms with E-state index in [9.17, 15) is 14.7 Å². The van der Waals surface area contributed by atoms with Crippen molar-refractivity contribution >= 4 is 12.1 Å². The summed E-state index contributed by atoms with van der Waals surface area (Å²) < 4.78 is 5.23. The van der Waals surface area contributed by atoms with Crippen molar-refractivity contribution in [1.82, 2.24) is 4.90 Å². The molecule has 3 atom stereocenters. The Labute approximate surface area is 116 Å². The number of nitrogens with zero attached hydrogens (tertiary/aromatic N) is 1. The molecule has 1 N–H and O–H groups in total. The van der Waals surface area contributed by atoms with Crippen molar-refractivity contribution in [1.29, 1.82) is 0 Å². The van der Waals surface area contributed by atoms with Gasteiger partial charge in [-0.05, 0) is 12.0 Å². The molecule has 5 nitrogen and oxygen atoms in total. The fourth-order valence-corrected chi connectivity index (χ4v) is 2.90. The Bertz CT molecular complexity index is 554. The molecule has 104 valence electrons. The van der Waals surface area contributed by atoms with E-state index in [-0.39, 0.29) is 18.6 Å². The molecule has 2 bridgehead atoms. The first-order valence-electron chi connectivity index (χ1n) is 6.57. The number of likely N-dealkylation sites (tertiary alicyclic amines) is 1. The van der Waals surface area contributed by atoms with Crippen LogP contribution < -0.4 is 0 Å². The van der Waals surface area contributed by atoms with Crippen LogP contribution in [0, 0.1) is 5.92 Å². The van der Waals surface area contributed by atoms with Crippen molar-refractivity contribution in [3.8, 4) is 0 Å². The molecule has 1 aromatic carbocycles. The first-order chi connectivity index (χ1) is 9.66. The molecule has 20 heavy (non-hydrogen) atoms. The van der Waals surface area contributed by atoms with Crippen LogP contribution in [0.2, 0.25) is 0 Å². The Balaban J connectivity index is 1.68. The molecular formula is C15H15NO4. The van der Waals surface area contributed by atoms with E-state index >= 15 is 0 Å². The van der Waals surface area contributed by atoms with Gasteiger partial charge >= 0.3 is 12.1 Å². The summed E-state index contributed by atoms with van der Waals surface area (Å²) in [5.74, 6) is -1.07. The Kier molecular flexibility index (Phi) is 3.18. The molecule has 0 aromatic heterocycles. The Hall–Kier alpha value is -2.30. The average molecular weight is 273 g/mol. The Morgan fingerprint density at radius 1 is 1.25 bits per heavy atom. The van der Waals surface area contributed by atoms with Gasteiger partial charge in [0.1, 0.15) is 12.6 Å². The molecule has 2 aliphatic rings. The average Bonchev–Trinajstić information content (AvgIpc) is 3.06. The molecule has 1 saturated heterocycles. The van der Waals surface area contributed by atoms with Crippen LogP contribution >= 0.6 is 0 Å². The van der Waals surface area contributed by atoms with Crippen LogP contribution in [0.15, 0.2) is 42.5 Å². The lowest BCUT2D eigenvalue weighted by molar-refractivity contribution is -0.143. The number of ether oxygens (including phenoxy) is 1. The lowest BCUT2D eigenvalue weighted by Gasteiger charge is -2.28. The maximum Gasteiger partial charge on any atom is 0.411 e. The van der Waals surface area contributed by atoms with Crippen molar-refractivity contribution in [3.05, 3.63) is 48.0 Å². The lowest BCUT2D eigenvalue weighted by Crippen LogP contribution is -2.47. The third kappa shape index (κ3) is 2.15. The van der Waals surface area contributed by atoms with Gasteiger partial charge in [0.2, 0.25) is 0 Å². The monoisotopic (exact) mass is 273 g/mol. The van der Waals surface area contributed by atoms with E-state index < -0.39 is 18.1 Å². The predicted molar refractivity (Wildman–Crippen MR) is 70.9 cm³/mol. The van der Waals surface area contributed by atoms with Crippen LogP contribution in [0.4, 0.5) is 4.79 Å². The normalized spacial score (nSPS) is 26.8. The molecule has 1 aromatic rings. The fraction of sp³-hybridized carbons (Fsp3) is 0.333. The highest BCUT2D eigenvalue weighted by Crippen LogP contribution is 2.37. The first-order valence-corrected chi connectivity index (χ1v) is 6.57. The molecule has 1 fully saturated rings. The van der Waals surface area contributed by atoms with E-state index in [0.29, 0.717) is 6.42 Å². The number of fused-ring (bicyclic) bond motifs is 2. The summed E-state index contributed by atoms with van der Waals surface area (Å²) in [5.41, 5.74) is 0.882. The molecule has 1 heterocycles. The summed E-state index contributed by atoms with van der Waals surface area (Å²) in [6, 6.07) is 8.39. The molecular weight excluding hydrogens is 258 g/mol. The Morgan fingerprint density at radius 3 is 2.70 bits per heavy atom. The van der Waals surface area contributed by atoms with Gasteiger partial charge in [0.05, 0.1) is 6.04 Å². The number of carboxylic acids is 1. The zero-order valence-electron chi connectivity index (χ0n) is 10.8. The van der Waals surface area contributed by atoms with Crippen LogP contribution in [0.5, 0.6) is 0 Å². The van der Waals surface area contributed by atoms with Gasteiger partial charge < -0.3 is 9.84 Å². The molecule has 1 aliphatic heterocycles. The summed E-state index contributed by atoms with van der Waals surface area (Å²) in [6.45, 7) is 0.156. The summed E-state index contributed by atoms with van der Waals surface area (Å²) >= 11 is 0. The van der Waals surface area contributed by atoms with Gasteiger partial charge in [0.15, 0.2) is 0 Å². The molecule has 0 spiro atoms. The highest BCUT2D eigenvalue weighted by Gasteiger charge is 2.49. The SMILES string of the molecule is O=C(O)[C@@H]1[C@H]2C=C[C@H](C2)N1C(=O)OCc1ccccc1. The maximum absolute atomic E-state index is 12.1. The zero-order chi connectivity index (χ0) is 14.1. The standard InChI is InChI=1S/C15H15NO4/c17-14(18)13-11-6-7-12(8-11)16(13)15(19)20-9-10-4-2-1-3-5-10/h1-7,11-13H,8-9H2,(H,17,18)/t11-,12+,13-/m0/s1. The number of carbonyl (C=O) groups excluding carboxylic acids is 1. The number of carboxylic acid groups (broad SMARTS) is 1. The van der Waals surface area contributed by atoms with Crippen molar-refractivity contribution in [3.63, 3.8) is 0 Å². The van der Waals surface area contributed by atoms with Crippen LogP contribution in [0.3, 0.4) is 0 Å². The number of carbonyl (C=O) groups is 2. The number of rotatable bonds is 3. The van der Waals surface area contributed by atoms with Gasteiger partial charge in [-0.3, -0.25) is 4.90 Å². The first kappa shape index (κ1) is 12.7. The molecule has 0 saturated carbocycles. The largest absolute Gasteiger partial charge is 0.480 e. The second-order valence-electron chi connectivity index (χ2n) is 5.08. The zero-order valence-corrected chi connectivity index (χ0v) is 10.8. The van der Waals surface area contributed by atoms with E-state index in [1.54, 1.807) is 0 Å². The molecule has 0 unspecified atom stereocenters. The highest BCUT2D eigenvalue weighted by atomic mass is 16.6. The van der Waals surface area contributed by atoms with Gasteiger partial charge in [0, 0.05) is 5.92 Å². The second-order valence-corrected chi connectivity index (χ2v) is 5.08. The summed E-state index contributed by atoms with van der Waals surface area (Å²) in [7, 11) is 0. The molecule has 1 aliphatic carbocycles. The summed E-state index contributed by atoms with van der Waals surface area (Å²) in [6.07, 6.45) is 3.88. The molecule has 1 amide bonds. The van der Waals surface area contributed by atoms with Crippen molar-refractivity contribution in [2.75, 3.05) is 0 Å². The van der Waals surface area contributed by atoms with E-state index in [0.717, 1.165) is 5.56 Å². The highest BCUT2D eigenvalue weighted by molar-refractivity contribution is 5.82. The van der Waals surface area contributed by atoms with Crippen molar-refractivity contribution in [2.24, 2.45) is 5.92 Å².